The molecule has 1 atom stereocenters. The minimum atomic E-state index is -4.32. The third-order valence-electron chi connectivity index (χ3n) is 2.37. The van der Waals surface area contributed by atoms with Gasteiger partial charge in [-0.05, 0) is 30.8 Å². The van der Waals surface area contributed by atoms with Gasteiger partial charge in [-0.3, -0.25) is 0 Å². The second kappa shape index (κ2) is 7.02. The Morgan fingerprint density at radius 1 is 1.16 bits per heavy atom. The standard InChI is InChI=1S/C12H16F3NO2S/c1-8(11(17-2)18-3)16-9-6-4-5-7-10(9)19-12(13,14)15/h4-8,11,16H,1-3H3. The van der Waals surface area contributed by atoms with E-state index < -0.39 is 11.8 Å². The van der Waals surface area contributed by atoms with E-state index in [-0.39, 0.29) is 22.7 Å². The zero-order valence-corrected chi connectivity index (χ0v) is 11.6. The van der Waals surface area contributed by atoms with Gasteiger partial charge in [0.15, 0.2) is 6.29 Å². The summed E-state index contributed by atoms with van der Waals surface area (Å²) in [5.41, 5.74) is -3.92. The van der Waals surface area contributed by atoms with Gasteiger partial charge >= 0.3 is 5.51 Å². The summed E-state index contributed by atoms with van der Waals surface area (Å²) in [5, 5.41) is 2.96. The van der Waals surface area contributed by atoms with Gasteiger partial charge in [-0.15, -0.1) is 0 Å². The van der Waals surface area contributed by atoms with Crippen LogP contribution in [-0.2, 0) is 9.47 Å². The fraction of sp³-hybridized carbons (Fsp3) is 0.500. The van der Waals surface area contributed by atoms with Crippen LogP contribution in [0.2, 0.25) is 0 Å². The second-order valence-corrected chi connectivity index (χ2v) is 4.92. The van der Waals surface area contributed by atoms with E-state index in [0.29, 0.717) is 5.69 Å². The summed E-state index contributed by atoms with van der Waals surface area (Å²) in [4.78, 5) is 0.118. The molecule has 0 heterocycles. The van der Waals surface area contributed by atoms with Gasteiger partial charge in [-0.25, -0.2) is 0 Å². The maximum absolute atomic E-state index is 12.4. The number of hydrogen-bond donors (Lipinski definition) is 1. The topological polar surface area (TPSA) is 30.5 Å². The van der Waals surface area contributed by atoms with Crippen LogP contribution in [0.3, 0.4) is 0 Å². The highest BCUT2D eigenvalue weighted by Gasteiger charge is 2.30. The van der Waals surface area contributed by atoms with Gasteiger partial charge in [-0.2, -0.15) is 13.2 Å². The van der Waals surface area contributed by atoms with E-state index in [1.165, 1.54) is 20.3 Å². The lowest BCUT2D eigenvalue weighted by Gasteiger charge is -2.24. The van der Waals surface area contributed by atoms with E-state index in [2.05, 4.69) is 5.32 Å². The van der Waals surface area contributed by atoms with Crippen LogP contribution in [0.1, 0.15) is 6.92 Å². The zero-order valence-electron chi connectivity index (χ0n) is 10.8. The lowest BCUT2D eigenvalue weighted by molar-refractivity contribution is -0.109. The van der Waals surface area contributed by atoms with E-state index in [1.54, 1.807) is 25.1 Å². The number of methoxy groups -OCH3 is 2. The molecule has 0 saturated carbocycles. The number of rotatable bonds is 6. The molecule has 0 spiro atoms. The molecule has 0 bridgehead atoms. The van der Waals surface area contributed by atoms with Gasteiger partial charge in [0.25, 0.3) is 0 Å². The number of halogens is 3. The maximum Gasteiger partial charge on any atom is 0.446 e. The van der Waals surface area contributed by atoms with Gasteiger partial charge < -0.3 is 14.8 Å². The highest BCUT2D eigenvalue weighted by atomic mass is 32.2. The maximum atomic E-state index is 12.4. The number of thioether (sulfide) groups is 1. The van der Waals surface area contributed by atoms with Gasteiger partial charge in [0.05, 0.1) is 6.04 Å². The first-order valence-corrected chi connectivity index (χ1v) is 6.36. The minimum Gasteiger partial charge on any atom is -0.377 e. The average Bonchev–Trinajstić information content (AvgIpc) is 2.31. The largest absolute Gasteiger partial charge is 0.446 e. The Bertz CT molecular complexity index is 397. The Hall–Kier alpha value is -0.920. The zero-order chi connectivity index (χ0) is 14.5. The summed E-state index contributed by atoms with van der Waals surface area (Å²) in [5.74, 6) is 0. The molecular formula is C12H16F3NO2S. The number of anilines is 1. The Labute approximate surface area is 114 Å². The summed E-state index contributed by atoms with van der Waals surface area (Å²) < 4.78 is 47.4. The number of para-hydroxylation sites is 1. The highest BCUT2D eigenvalue weighted by Crippen LogP contribution is 2.40. The molecule has 108 valence electrons. The van der Waals surface area contributed by atoms with Crippen molar-refractivity contribution in [1.82, 2.24) is 0 Å². The van der Waals surface area contributed by atoms with Crippen molar-refractivity contribution < 1.29 is 22.6 Å². The Morgan fingerprint density at radius 2 is 1.74 bits per heavy atom. The fourth-order valence-electron chi connectivity index (χ4n) is 1.62. The molecule has 0 radical (unpaired) electrons. The Morgan fingerprint density at radius 3 is 2.26 bits per heavy atom. The molecule has 0 aliphatic carbocycles. The van der Waals surface area contributed by atoms with E-state index in [0.717, 1.165) is 0 Å². The van der Waals surface area contributed by atoms with Crippen LogP contribution >= 0.6 is 11.8 Å². The number of alkyl halides is 3. The summed E-state index contributed by atoms with van der Waals surface area (Å²) in [7, 11) is 2.95. The van der Waals surface area contributed by atoms with E-state index in [4.69, 9.17) is 9.47 Å². The van der Waals surface area contributed by atoms with Crippen molar-refractivity contribution in [1.29, 1.82) is 0 Å². The molecule has 1 N–H and O–H groups in total. The van der Waals surface area contributed by atoms with Crippen LogP contribution < -0.4 is 5.32 Å². The van der Waals surface area contributed by atoms with Crippen LogP contribution in [0.15, 0.2) is 29.2 Å². The van der Waals surface area contributed by atoms with Crippen molar-refractivity contribution in [2.75, 3.05) is 19.5 Å². The Balaban J connectivity index is 2.83. The molecule has 0 fully saturated rings. The molecule has 0 saturated heterocycles. The third-order valence-corrected chi connectivity index (χ3v) is 3.18. The first kappa shape index (κ1) is 16.1. The lowest BCUT2D eigenvalue weighted by Crippen LogP contribution is -2.33. The second-order valence-electron chi connectivity index (χ2n) is 3.82. The quantitative estimate of drug-likeness (QED) is 0.640. The van der Waals surface area contributed by atoms with Crippen molar-refractivity contribution in [3.8, 4) is 0 Å². The van der Waals surface area contributed by atoms with Crippen LogP contribution in [0.5, 0.6) is 0 Å². The Kier molecular flexibility index (Phi) is 5.96. The van der Waals surface area contributed by atoms with Gasteiger partial charge in [0.1, 0.15) is 0 Å². The first-order chi connectivity index (χ1) is 8.87. The monoisotopic (exact) mass is 295 g/mol. The lowest BCUT2D eigenvalue weighted by atomic mass is 10.2. The fourth-order valence-corrected chi connectivity index (χ4v) is 2.25. The highest BCUT2D eigenvalue weighted by molar-refractivity contribution is 8.00. The van der Waals surface area contributed by atoms with Crippen LogP contribution in [-0.4, -0.2) is 32.1 Å². The predicted octanol–water partition coefficient (Wildman–Crippen LogP) is 3.72. The minimum absolute atomic E-state index is 0.118. The molecule has 1 aromatic rings. The summed E-state index contributed by atoms with van der Waals surface area (Å²) in [6.45, 7) is 1.77. The summed E-state index contributed by atoms with van der Waals surface area (Å²) in [6, 6.07) is 5.96. The van der Waals surface area contributed by atoms with Crippen molar-refractivity contribution >= 4 is 17.4 Å². The molecule has 1 aromatic carbocycles. The van der Waals surface area contributed by atoms with Crippen molar-refractivity contribution in [3.05, 3.63) is 24.3 Å². The molecular weight excluding hydrogens is 279 g/mol. The predicted molar refractivity (Wildman–Crippen MR) is 69.2 cm³/mol. The van der Waals surface area contributed by atoms with Gasteiger partial charge in [0.2, 0.25) is 0 Å². The molecule has 1 rings (SSSR count). The van der Waals surface area contributed by atoms with Gasteiger partial charge in [0, 0.05) is 24.8 Å². The van der Waals surface area contributed by atoms with E-state index in [1.807, 2.05) is 0 Å². The van der Waals surface area contributed by atoms with Crippen molar-refractivity contribution in [2.45, 2.75) is 29.7 Å². The molecule has 7 heteroatoms. The number of hydrogen-bond acceptors (Lipinski definition) is 4. The van der Waals surface area contributed by atoms with Crippen LogP contribution in [0, 0.1) is 0 Å². The van der Waals surface area contributed by atoms with Crippen LogP contribution in [0.4, 0.5) is 18.9 Å². The SMILES string of the molecule is COC(OC)C(C)Nc1ccccc1SC(F)(F)F. The molecule has 1 unspecified atom stereocenters. The molecule has 0 amide bonds. The number of benzene rings is 1. The van der Waals surface area contributed by atoms with Gasteiger partial charge in [-0.1, -0.05) is 12.1 Å². The van der Waals surface area contributed by atoms with E-state index >= 15 is 0 Å². The summed E-state index contributed by atoms with van der Waals surface area (Å²) in [6.07, 6.45) is -0.538. The van der Waals surface area contributed by atoms with Crippen molar-refractivity contribution in [2.24, 2.45) is 0 Å². The molecule has 0 aromatic heterocycles. The number of nitrogens with one attached hydrogen (secondary N) is 1. The van der Waals surface area contributed by atoms with E-state index in [9.17, 15) is 13.2 Å². The number of ether oxygens (including phenoxy) is 2. The molecule has 0 aliphatic heterocycles. The normalized spacial score (nSPS) is 13.6. The summed E-state index contributed by atoms with van der Waals surface area (Å²) >= 11 is -0.148. The smallest absolute Gasteiger partial charge is 0.377 e. The first-order valence-electron chi connectivity index (χ1n) is 5.54. The molecule has 19 heavy (non-hydrogen) atoms. The van der Waals surface area contributed by atoms with Crippen LogP contribution in [0.25, 0.3) is 0 Å². The molecule has 3 nitrogen and oxygen atoms in total. The average molecular weight is 295 g/mol. The third kappa shape index (κ3) is 5.30. The molecule has 0 aliphatic rings. The van der Waals surface area contributed by atoms with Crippen molar-refractivity contribution in [3.63, 3.8) is 0 Å².